The summed E-state index contributed by atoms with van der Waals surface area (Å²) in [6.45, 7) is 4.20. The molecule has 2 aromatic rings. The Morgan fingerprint density at radius 3 is 1.38 bits per heavy atom. The predicted octanol–water partition coefficient (Wildman–Crippen LogP) is 8.83. The van der Waals surface area contributed by atoms with Gasteiger partial charge in [0.25, 0.3) is 0 Å². The lowest BCUT2D eigenvalue weighted by atomic mass is 10.1. The fourth-order valence-electron chi connectivity index (χ4n) is 3.22. The molecule has 0 unspecified atom stereocenters. The van der Waals surface area contributed by atoms with Crippen LogP contribution in [-0.4, -0.2) is 0 Å². The Hall–Kier alpha value is -3.24. The first-order valence-electron chi connectivity index (χ1n) is 11.8. The number of halogens is 4. The second kappa shape index (κ2) is 14.8. The number of unbranched alkanes of at least 4 members (excludes halogenated alkanes) is 6. The van der Waals surface area contributed by atoms with Crippen molar-refractivity contribution >= 4 is 12.2 Å². The van der Waals surface area contributed by atoms with Crippen molar-refractivity contribution in [3.63, 3.8) is 0 Å². The maximum Gasteiger partial charge on any atom is 0.175 e. The van der Waals surface area contributed by atoms with Gasteiger partial charge in [-0.1, -0.05) is 76.0 Å². The summed E-state index contributed by atoms with van der Waals surface area (Å²) in [6, 6.07) is 5.66. The van der Waals surface area contributed by atoms with E-state index >= 15 is 0 Å². The van der Waals surface area contributed by atoms with Crippen molar-refractivity contribution in [2.24, 2.45) is 0 Å². The van der Waals surface area contributed by atoms with Gasteiger partial charge in [-0.05, 0) is 61.5 Å². The first-order chi connectivity index (χ1) is 16.5. The highest BCUT2D eigenvalue weighted by atomic mass is 19.2. The molecule has 0 nitrogen and oxygen atoms in total. The molecular formula is C30H30F4. The molecule has 0 saturated heterocycles. The Morgan fingerprint density at radius 2 is 1.00 bits per heavy atom. The quantitative estimate of drug-likeness (QED) is 0.186. The van der Waals surface area contributed by atoms with Crippen LogP contribution in [0.3, 0.4) is 0 Å². The zero-order valence-corrected chi connectivity index (χ0v) is 19.8. The first-order valence-corrected chi connectivity index (χ1v) is 11.8. The van der Waals surface area contributed by atoms with Crippen LogP contribution in [0.4, 0.5) is 17.6 Å². The third-order valence-electron chi connectivity index (χ3n) is 5.22. The maximum absolute atomic E-state index is 14.3. The molecule has 0 saturated carbocycles. The first kappa shape index (κ1) is 27.0. The monoisotopic (exact) mass is 466 g/mol. The van der Waals surface area contributed by atoms with Gasteiger partial charge < -0.3 is 0 Å². The molecule has 2 aromatic carbocycles. The fourth-order valence-corrected chi connectivity index (χ4v) is 3.22. The van der Waals surface area contributed by atoms with Crippen LogP contribution >= 0.6 is 0 Å². The molecule has 4 heteroatoms. The minimum atomic E-state index is -1.06. The summed E-state index contributed by atoms with van der Waals surface area (Å²) in [5, 5.41) is 0. The number of allylic oxidation sites excluding steroid dienone is 2. The van der Waals surface area contributed by atoms with Gasteiger partial charge in [0, 0.05) is 11.1 Å². The van der Waals surface area contributed by atoms with E-state index in [-0.39, 0.29) is 22.3 Å². The molecule has 0 atom stereocenters. The van der Waals surface area contributed by atoms with Crippen molar-refractivity contribution in [2.75, 3.05) is 0 Å². The second-order valence-electron chi connectivity index (χ2n) is 7.96. The Kier molecular flexibility index (Phi) is 11.8. The van der Waals surface area contributed by atoms with Crippen molar-refractivity contribution in [1.29, 1.82) is 0 Å². The average molecular weight is 467 g/mol. The Bertz CT molecular complexity index is 1040. The minimum absolute atomic E-state index is 0.148. The van der Waals surface area contributed by atoms with Gasteiger partial charge in [0.1, 0.15) is 0 Å². The van der Waals surface area contributed by atoms with Crippen LogP contribution in [0, 0.1) is 47.0 Å². The van der Waals surface area contributed by atoms with E-state index in [4.69, 9.17) is 0 Å². The molecule has 34 heavy (non-hydrogen) atoms. The molecule has 0 aromatic heterocycles. The maximum atomic E-state index is 14.3. The van der Waals surface area contributed by atoms with E-state index < -0.39 is 23.3 Å². The molecule has 2 rings (SSSR count). The summed E-state index contributed by atoms with van der Waals surface area (Å²) in [5.74, 6) is 5.57. The normalized spacial score (nSPS) is 10.9. The highest BCUT2D eigenvalue weighted by molar-refractivity contribution is 5.55. The molecule has 0 aliphatic heterocycles. The SMILES string of the molecule is CCCCC/C=C/c1ccc(C#CC#Cc2ccc(/C=C/CCCCC)c(F)c2F)c(F)c1F. The van der Waals surface area contributed by atoms with Gasteiger partial charge in [0.15, 0.2) is 23.3 Å². The van der Waals surface area contributed by atoms with Crippen LogP contribution in [0.25, 0.3) is 12.2 Å². The molecule has 0 aliphatic rings. The van der Waals surface area contributed by atoms with Crippen LogP contribution < -0.4 is 0 Å². The molecule has 0 bridgehead atoms. The van der Waals surface area contributed by atoms with E-state index in [0.29, 0.717) is 0 Å². The molecule has 0 heterocycles. The van der Waals surface area contributed by atoms with E-state index in [0.717, 1.165) is 51.4 Å². The van der Waals surface area contributed by atoms with Crippen LogP contribution in [0.2, 0.25) is 0 Å². The van der Waals surface area contributed by atoms with E-state index in [1.807, 2.05) is 12.2 Å². The van der Waals surface area contributed by atoms with Crippen molar-refractivity contribution in [3.05, 3.63) is 81.9 Å². The zero-order valence-electron chi connectivity index (χ0n) is 19.8. The highest BCUT2D eigenvalue weighted by Gasteiger charge is 2.11. The van der Waals surface area contributed by atoms with E-state index in [2.05, 4.69) is 37.5 Å². The smallest absolute Gasteiger partial charge is 0.175 e. The number of rotatable bonds is 10. The summed E-state index contributed by atoms with van der Waals surface area (Å²) in [4.78, 5) is 0. The second-order valence-corrected chi connectivity index (χ2v) is 7.96. The Morgan fingerprint density at radius 1 is 0.588 bits per heavy atom. The number of benzene rings is 2. The van der Waals surface area contributed by atoms with Crippen LogP contribution in [-0.2, 0) is 0 Å². The molecule has 0 fully saturated rings. The lowest BCUT2D eigenvalue weighted by Gasteiger charge is -2.01. The predicted molar refractivity (Wildman–Crippen MR) is 133 cm³/mol. The van der Waals surface area contributed by atoms with Crippen LogP contribution in [0.15, 0.2) is 36.4 Å². The fraction of sp³-hybridized carbons (Fsp3) is 0.333. The largest absolute Gasteiger partial charge is 0.203 e. The summed E-state index contributed by atoms with van der Waals surface area (Å²) >= 11 is 0. The van der Waals surface area contributed by atoms with Crippen molar-refractivity contribution in [3.8, 4) is 23.7 Å². The van der Waals surface area contributed by atoms with Gasteiger partial charge in [-0.25, -0.2) is 17.6 Å². The third-order valence-corrected chi connectivity index (χ3v) is 5.22. The summed E-state index contributed by atoms with van der Waals surface area (Å²) in [6.07, 6.45) is 14.8. The van der Waals surface area contributed by atoms with E-state index in [1.54, 1.807) is 12.2 Å². The van der Waals surface area contributed by atoms with Crippen LogP contribution in [0.5, 0.6) is 0 Å². The lowest BCUT2D eigenvalue weighted by molar-refractivity contribution is 0.505. The van der Waals surface area contributed by atoms with Gasteiger partial charge in [0.05, 0.1) is 11.1 Å². The zero-order chi connectivity index (χ0) is 24.8. The van der Waals surface area contributed by atoms with Gasteiger partial charge >= 0.3 is 0 Å². The Balaban J connectivity index is 2.09. The molecule has 0 N–H and O–H groups in total. The summed E-state index contributed by atoms with van der Waals surface area (Å²) < 4.78 is 57.1. The van der Waals surface area contributed by atoms with Crippen molar-refractivity contribution in [1.82, 2.24) is 0 Å². The minimum Gasteiger partial charge on any atom is -0.203 e. The Labute approximate surface area is 200 Å². The third kappa shape index (κ3) is 8.27. The molecule has 0 radical (unpaired) electrons. The molecule has 178 valence electrons. The molecule has 0 amide bonds. The molecule has 0 aliphatic carbocycles. The summed E-state index contributed by atoms with van der Waals surface area (Å²) in [5.41, 5.74) is 0.0145. The lowest BCUT2D eigenvalue weighted by Crippen LogP contribution is -1.93. The van der Waals surface area contributed by atoms with Crippen LogP contribution in [0.1, 0.15) is 87.5 Å². The number of hydrogen-bond donors (Lipinski definition) is 0. The van der Waals surface area contributed by atoms with E-state index in [9.17, 15) is 17.6 Å². The molecule has 0 spiro atoms. The van der Waals surface area contributed by atoms with Gasteiger partial charge in [-0.15, -0.1) is 0 Å². The topological polar surface area (TPSA) is 0 Å². The summed E-state index contributed by atoms with van der Waals surface area (Å²) in [7, 11) is 0. The number of hydrogen-bond acceptors (Lipinski definition) is 0. The standard InChI is InChI=1S/C30H30F4/c1-3-5-7-9-11-15-23-19-21-25(29(33)27(23)31)17-13-14-18-26-22-20-24(28(32)30(26)34)16-12-10-8-6-4-2/h11-12,15-16,19-22H,3-10H2,1-2H3/b15-11+,16-12+. The highest BCUT2D eigenvalue weighted by Crippen LogP contribution is 2.19. The average Bonchev–Trinajstić information content (AvgIpc) is 2.83. The van der Waals surface area contributed by atoms with E-state index in [1.165, 1.54) is 24.3 Å². The molecular weight excluding hydrogens is 436 g/mol. The van der Waals surface area contributed by atoms with Gasteiger partial charge in [-0.2, -0.15) is 0 Å². The van der Waals surface area contributed by atoms with Gasteiger partial charge in [-0.3, -0.25) is 0 Å². The van der Waals surface area contributed by atoms with Crippen molar-refractivity contribution in [2.45, 2.75) is 65.2 Å². The van der Waals surface area contributed by atoms with Crippen molar-refractivity contribution < 1.29 is 17.6 Å². The van der Waals surface area contributed by atoms with Gasteiger partial charge in [0.2, 0.25) is 0 Å².